The van der Waals surface area contributed by atoms with Crippen LogP contribution in [0, 0.1) is 0 Å². The van der Waals surface area contributed by atoms with E-state index in [0.29, 0.717) is 16.6 Å². The summed E-state index contributed by atoms with van der Waals surface area (Å²) in [6.45, 7) is 4.28. The van der Waals surface area contributed by atoms with Crippen molar-refractivity contribution >= 4 is 42.6 Å². The molecule has 0 bridgehead atoms. The highest BCUT2D eigenvalue weighted by atomic mass is 32.2. The molecule has 1 saturated carbocycles. The number of fused-ring (bicyclic) bond motifs is 1. The monoisotopic (exact) mass is 471 g/mol. The molecule has 3 aromatic rings. The number of amides is 1. The minimum absolute atomic E-state index is 0.0481. The Morgan fingerprint density at radius 2 is 1.78 bits per heavy atom. The van der Waals surface area contributed by atoms with Gasteiger partial charge in [-0.15, -0.1) is 0 Å². The molecule has 8 heteroatoms. The van der Waals surface area contributed by atoms with Crippen LogP contribution in [-0.4, -0.2) is 36.7 Å². The number of carbonyl (C=O) groups excluding carboxylic acids is 1. The van der Waals surface area contributed by atoms with Crippen molar-refractivity contribution in [3.63, 3.8) is 0 Å². The average Bonchev–Trinajstić information content (AvgIpc) is 3.20. The van der Waals surface area contributed by atoms with E-state index < -0.39 is 10.0 Å². The van der Waals surface area contributed by atoms with Crippen molar-refractivity contribution < 1.29 is 13.2 Å². The number of aromatic nitrogens is 1. The van der Waals surface area contributed by atoms with Gasteiger partial charge in [-0.1, -0.05) is 50.5 Å². The Bertz CT molecular complexity index is 1210. The molecule has 1 aliphatic carbocycles. The van der Waals surface area contributed by atoms with Crippen LogP contribution in [0.3, 0.4) is 0 Å². The maximum atomic E-state index is 13.0. The third-order valence-corrected chi connectivity index (χ3v) is 9.04. The summed E-state index contributed by atoms with van der Waals surface area (Å²) in [5.74, 6) is 0.115. The van der Waals surface area contributed by atoms with Gasteiger partial charge in [0.2, 0.25) is 10.0 Å². The maximum absolute atomic E-state index is 13.0. The van der Waals surface area contributed by atoms with Crippen LogP contribution in [0.4, 0.5) is 5.13 Å². The molecular weight excluding hydrogens is 442 g/mol. The number of benzene rings is 2. The lowest BCUT2D eigenvalue weighted by atomic mass is 9.96. The standard InChI is InChI=1S/C24H29N3O3S2/c1-16(2)18-11-14-21-22(15-18)31-24(25-21)26-23(28)17-9-12-20(13-10-17)32(29,30)27(3)19-7-5-4-6-8-19/h9-16,19H,4-8H2,1-3H3,(H,25,26,28). The Morgan fingerprint density at radius 1 is 1.09 bits per heavy atom. The highest BCUT2D eigenvalue weighted by Gasteiger charge is 2.29. The van der Waals surface area contributed by atoms with Crippen molar-refractivity contribution in [2.24, 2.45) is 0 Å². The van der Waals surface area contributed by atoms with E-state index in [0.717, 1.165) is 35.9 Å². The van der Waals surface area contributed by atoms with Crippen LogP contribution in [0.25, 0.3) is 10.2 Å². The molecule has 0 radical (unpaired) electrons. The Balaban J connectivity index is 1.47. The number of hydrogen-bond acceptors (Lipinski definition) is 5. The fourth-order valence-corrected chi connectivity index (χ4v) is 6.43. The van der Waals surface area contributed by atoms with Gasteiger partial charge in [0.05, 0.1) is 15.1 Å². The van der Waals surface area contributed by atoms with Gasteiger partial charge in [-0.25, -0.2) is 13.4 Å². The molecule has 0 atom stereocenters. The van der Waals surface area contributed by atoms with Crippen molar-refractivity contribution in [1.29, 1.82) is 0 Å². The predicted molar refractivity (Wildman–Crippen MR) is 130 cm³/mol. The third kappa shape index (κ3) is 4.72. The van der Waals surface area contributed by atoms with E-state index >= 15 is 0 Å². The lowest BCUT2D eigenvalue weighted by molar-refractivity contribution is 0.102. The van der Waals surface area contributed by atoms with Gasteiger partial charge in [0.1, 0.15) is 0 Å². The van der Waals surface area contributed by atoms with Gasteiger partial charge >= 0.3 is 0 Å². The van der Waals surface area contributed by atoms with E-state index in [1.54, 1.807) is 19.2 Å². The molecule has 4 rings (SSSR count). The summed E-state index contributed by atoms with van der Waals surface area (Å²) in [6.07, 6.45) is 5.10. The van der Waals surface area contributed by atoms with Gasteiger partial charge in [-0.05, 0) is 60.7 Å². The van der Waals surface area contributed by atoms with Crippen molar-refractivity contribution in [1.82, 2.24) is 9.29 Å². The first-order chi connectivity index (χ1) is 15.3. The second-order valence-corrected chi connectivity index (χ2v) is 11.7. The molecule has 1 amide bonds. The molecule has 0 unspecified atom stereocenters. The van der Waals surface area contributed by atoms with Gasteiger partial charge in [0.15, 0.2) is 5.13 Å². The van der Waals surface area contributed by atoms with Crippen LogP contribution in [0.5, 0.6) is 0 Å². The summed E-state index contributed by atoms with van der Waals surface area (Å²) < 4.78 is 28.5. The van der Waals surface area contributed by atoms with Crippen molar-refractivity contribution in [2.45, 2.75) is 62.8 Å². The summed E-state index contributed by atoms with van der Waals surface area (Å²) in [5, 5.41) is 3.37. The minimum Gasteiger partial charge on any atom is -0.298 e. The number of carbonyl (C=O) groups is 1. The Labute approximate surface area is 193 Å². The van der Waals surface area contributed by atoms with Crippen LogP contribution in [0.1, 0.15) is 67.8 Å². The highest BCUT2D eigenvalue weighted by Crippen LogP contribution is 2.30. The van der Waals surface area contributed by atoms with Crippen LogP contribution >= 0.6 is 11.3 Å². The van der Waals surface area contributed by atoms with Gasteiger partial charge in [-0.3, -0.25) is 10.1 Å². The molecule has 1 heterocycles. The average molecular weight is 472 g/mol. The molecule has 32 heavy (non-hydrogen) atoms. The van der Waals surface area contributed by atoms with Crippen molar-refractivity contribution in [3.8, 4) is 0 Å². The molecule has 170 valence electrons. The fourth-order valence-electron chi connectivity index (χ4n) is 4.11. The molecule has 0 saturated heterocycles. The molecule has 1 aliphatic rings. The molecular formula is C24H29N3O3S2. The van der Waals surface area contributed by atoms with Crippen LogP contribution in [-0.2, 0) is 10.0 Å². The van der Waals surface area contributed by atoms with E-state index in [4.69, 9.17) is 0 Å². The maximum Gasteiger partial charge on any atom is 0.257 e. The SMILES string of the molecule is CC(C)c1ccc2nc(NC(=O)c3ccc(S(=O)(=O)N(C)C4CCCCC4)cc3)sc2c1. The summed E-state index contributed by atoms with van der Waals surface area (Å²) in [5.41, 5.74) is 2.47. The van der Waals surface area contributed by atoms with Gasteiger partial charge in [0, 0.05) is 18.7 Å². The lowest BCUT2D eigenvalue weighted by Crippen LogP contribution is -2.38. The van der Waals surface area contributed by atoms with E-state index in [1.165, 1.54) is 39.8 Å². The smallest absolute Gasteiger partial charge is 0.257 e. The Morgan fingerprint density at radius 3 is 2.44 bits per heavy atom. The molecule has 1 fully saturated rings. The molecule has 2 aromatic carbocycles. The van der Waals surface area contributed by atoms with E-state index in [9.17, 15) is 13.2 Å². The van der Waals surface area contributed by atoms with Gasteiger partial charge < -0.3 is 0 Å². The lowest BCUT2D eigenvalue weighted by Gasteiger charge is -2.30. The molecule has 6 nitrogen and oxygen atoms in total. The topological polar surface area (TPSA) is 79.4 Å². The normalized spacial score (nSPS) is 15.5. The van der Waals surface area contributed by atoms with Crippen molar-refractivity contribution in [3.05, 3.63) is 53.6 Å². The van der Waals surface area contributed by atoms with Gasteiger partial charge in [-0.2, -0.15) is 4.31 Å². The quantitative estimate of drug-likeness (QED) is 0.506. The third-order valence-electron chi connectivity index (χ3n) is 6.18. The van der Waals surface area contributed by atoms with Crippen LogP contribution in [0.2, 0.25) is 0 Å². The number of thiazole rings is 1. The number of nitrogens with zero attached hydrogens (tertiary/aromatic N) is 2. The van der Waals surface area contributed by atoms with Crippen molar-refractivity contribution in [2.75, 3.05) is 12.4 Å². The predicted octanol–water partition coefficient (Wildman–Crippen LogP) is 5.63. The van der Waals surface area contributed by atoms with Gasteiger partial charge in [0.25, 0.3) is 5.91 Å². The molecule has 1 aromatic heterocycles. The molecule has 1 N–H and O–H groups in total. The second kappa shape index (κ2) is 9.29. The summed E-state index contributed by atoms with van der Waals surface area (Å²) in [6, 6.07) is 12.3. The zero-order valence-electron chi connectivity index (χ0n) is 18.7. The highest BCUT2D eigenvalue weighted by molar-refractivity contribution is 7.89. The van der Waals surface area contributed by atoms with E-state index in [2.05, 4.69) is 36.3 Å². The van der Waals surface area contributed by atoms with E-state index in [-0.39, 0.29) is 16.8 Å². The number of sulfonamides is 1. The Kier molecular flexibility index (Phi) is 6.65. The summed E-state index contributed by atoms with van der Waals surface area (Å²) >= 11 is 1.43. The van der Waals surface area contributed by atoms with Crippen LogP contribution < -0.4 is 5.32 Å². The number of anilines is 1. The number of nitrogens with one attached hydrogen (secondary N) is 1. The summed E-state index contributed by atoms with van der Waals surface area (Å²) in [7, 11) is -1.92. The minimum atomic E-state index is -3.58. The van der Waals surface area contributed by atoms with Crippen LogP contribution in [0.15, 0.2) is 47.4 Å². The summed E-state index contributed by atoms with van der Waals surface area (Å²) in [4.78, 5) is 17.4. The zero-order valence-corrected chi connectivity index (χ0v) is 20.3. The largest absolute Gasteiger partial charge is 0.298 e. The Hall–Kier alpha value is -2.29. The first-order valence-electron chi connectivity index (χ1n) is 11.1. The number of rotatable bonds is 6. The zero-order chi connectivity index (χ0) is 22.9. The molecule has 0 spiro atoms. The number of hydrogen-bond donors (Lipinski definition) is 1. The van der Waals surface area contributed by atoms with E-state index in [1.807, 2.05) is 6.07 Å². The first-order valence-corrected chi connectivity index (χ1v) is 13.3. The second-order valence-electron chi connectivity index (χ2n) is 8.69. The first kappa shape index (κ1) is 22.9. The fraction of sp³-hybridized carbons (Fsp3) is 0.417. The molecule has 0 aliphatic heterocycles.